The van der Waals surface area contributed by atoms with Crippen LogP contribution >= 0.6 is 0 Å². The van der Waals surface area contributed by atoms with Crippen LogP contribution in [0.4, 0.5) is 5.82 Å². The van der Waals surface area contributed by atoms with E-state index < -0.39 is 0 Å². The molecule has 0 spiro atoms. The van der Waals surface area contributed by atoms with Crippen molar-refractivity contribution >= 4 is 17.4 Å². The van der Waals surface area contributed by atoms with E-state index in [2.05, 4.69) is 34.1 Å². The number of hydrogen-bond donors (Lipinski definition) is 1. The molecule has 1 amide bonds. The Labute approximate surface area is 175 Å². The highest BCUT2D eigenvalue weighted by Crippen LogP contribution is 2.26. The molecule has 3 heterocycles. The van der Waals surface area contributed by atoms with Gasteiger partial charge in [0, 0.05) is 32.0 Å². The lowest BCUT2D eigenvalue weighted by Gasteiger charge is -2.35. The number of nitrogens with one attached hydrogen (secondary N) is 1. The van der Waals surface area contributed by atoms with E-state index in [0.29, 0.717) is 29.8 Å². The van der Waals surface area contributed by atoms with E-state index in [9.17, 15) is 9.59 Å². The highest BCUT2D eigenvalue weighted by molar-refractivity contribution is 5.75. The van der Waals surface area contributed by atoms with E-state index in [4.69, 9.17) is 0 Å². The Kier molecular flexibility index (Phi) is 5.57. The van der Waals surface area contributed by atoms with Crippen LogP contribution in [0.25, 0.3) is 5.65 Å². The molecule has 0 aliphatic carbocycles. The standard InChI is InChI=1S/C22H28N6O2/c1-15-4-6-18(7-5-15)11-24-19(29)14-28-22(30)27-9-8-23-20(21(27)25-28)26-12-16(2)10-17(3)13-26/h4-9,16-17H,10-14H2,1-3H3,(H,24,29)/t16-,17-/m0/s1. The van der Waals surface area contributed by atoms with Gasteiger partial charge in [0.25, 0.3) is 0 Å². The Morgan fingerprint density at radius 2 is 1.87 bits per heavy atom. The summed E-state index contributed by atoms with van der Waals surface area (Å²) >= 11 is 0. The lowest BCUT2D eigenvalue weighted by molar-refractivity contribution is -0.122. The predicted octanol–water partition coefficient (Wildman–Crippen LogP) is 2.00. The molecule has 1 aromatic carbocycles. The molecule has 8 nitrogen and oxygen atoms in total. The van der Waals surface area contributed by atoms with E-state index in [1.165, 1.54) is 21.1 Å². The fourth-order valence-electron chi connectivity index (χ4n) is 4.20. The molecule has 2 aromatic heterocycles. The predicted molar refractivity (Wildman–Crippen MR) is 115 cm³/mol. The molecule has 2 atom stereocenters. The number of hydrogen-bond acceptors (Lipinski definition) is 5. The van der Waals surface area contributed by atoms with Gasteiger partial charge >= 0.3 is 5.69 Å². The number of aryl methyl sites for hydroxylation is 1. The van der Waals surface area contributed by atoms with Crippen LogP contribution in [0.3, 0.4) is 0 Å². The van der Waals surface area contributed by atoms with Crippen molar-refractivity contribution in [1.82, 2.24) is 24.5 Å². The van der Waals surface area contributed by atoms with E-state index >= 15 is 0 Å². The minimum Gasteiger partial charge on any atom is -0.353 e. The number of benzene rings is 1. The normalized spacial score (nSPS) is 19.2. The number of anilines is 1. The molecule has 30 heavy (non-hydrogen) atoms. The van der Waals surface area contributed by atoms with Gasteiger partial charge in [0.2, 0.25) is 11.6 Å². The summed E-state index contributed by atoms with van der Waals surface area (Å²) in [6, 6.07) is 7.96. The third kappa shape index (κ3) is 4.22. The number of piperidine rings is 1. The summed E-state index contributed by atoms with van der Waals surface area (Å²) in [5.74, 6) is 1.55. The Morgan fingerprint density at radius 1 is 1.17 bits per heavy atom. The van der Waals surface area contributed by atoms with Gasteiger partial charge in [0.05, 0.1) is 0 Å². The maximum atomic E-state index is 12.8. The summed E-state index contributed by atoms with van der Waals surface area (Å²) in [4.78, 5) is 31.9. The van der Waals surface area contributed by atoms with Gasteiger partial charge in [-0.15, -0.1) is 5.10 Å². The molecule has 1 N–H and O–H groups in total. The number of amides is 1. The zero-order chi connectivity index (χ0) is 21.3. The molecular formula is C22H28N6O2. The van der Waals surface area contributed by atoms with Gasteiger partial charge in [-0.25, -0.2) is 18.9 Å². The summed E-state index contributed by atoms with van der Waals surface area (Å²) in [7, 11) is 0. The zero-order valence-electron chi connectivity index (χ0n) is 17.7. The quantitative estimate of drug-likeness (QED) is 0.698. The number of rotatable bonds is 5. The minimum absolute atomic E-state index is 0.126. The topological polar surface area (TPSA) is 84.5 Å². The van der Waals surface area contributed by atoms with Crippen molar-refractivity contribution in [2.24, 2.45) is 11.8 Å². The Morgan fingerprint density at radius 3 is 2.57 bits per heavy atom. The first-order chi connectivity index (χ1) is 14.4. The number of carbonyl (C=O) groups excluding carboxylic acids is 1. The zero-order valence-corrected chi connectivity index (χ0v) is 17.7. The summed E-state index contributed by atoms with van der Waals surface area (Å²) in [6.07, 6.45) is 4.41. The summed E-state index contributed by atoms with van der Waals surface area (Å²) in [5.41, 5.74) is 2.34. The van der Waals surface area contributed by atoms with Crippen LogP contribution < -0.4 is 15.9 Å². The van der Waals surface area contributed by atoms with Gasteiger partial charge in [-0.2, -0.15) is 0 Å². The number of carbonyl (C=O) groups is 1. The van der Waals surface area contributed by atoms with Crippen molar-refractivity contribution in [3.63, 3.8) is 0 Å². The number of nitrogens with zero attached hydrogens (tertiary/aromatic N) is 5. The lowest BCUT2D eigenvalue weighted by Crippen LogP contribution is -2.39. The molecule has 0 saturated carbocycles. The molecule has 1 aliphatic heterocycles. The van der Waals surface area contributed by atoms with E-state index in [1.54, 1.807) is 12.4 Å². The minimum atomic E-state index is -0.336. The van der Waals surface area contributed by atoms with Gasteiger partial charge < -0.3 is 10.2 Å². The fourth-order valence-corrected chi connectivity index (χ4v) is 4.20. The molecular weight excluding hydrogens is 380 g/mol. The summed E-state index contributed by atoms with van der Waals surface area (Å²) in [5, 5.41) is 7.30. The van der Waals surface area contributed by atoms with Crippen molar-refractivity contribution in [2.75, 3.05) is 18.0 Å². The highest BCUT2D eigenvalue weighted by Gasteiger charge is 2.25. The number of aromatic nitrogens is 4. The maximum Gasteiger partial charge on any atom is 0.350 e. The summed E-state index contributed by atoms with van der Waals surface area (Å²) < 4.78 is 2.68. The van der Waals surface area contributed by atoms with Crippen molar-refractivity contribution in [3.05, 3.63) is 58.3 Å². The highest BCUT2D eigenvalue weighted by atomic mass is 16.2. The van der Waals surface area contributed by atoms with Crippen molar-refractivity contribution in [2.45, 2.75) is 40.3 Å². The van der Waals surface area contributed by atoms with Crippen molar-refractivity contribution < 1.29 is 4.79 Å². The number of fused-ring (bicyclic) bond motifs is 1. The molecule has 1 fully saturated rings. The van der Waals surface area contributed by atoms with Crippen molar-refractivity contribution in [1.29, 1.82) is 0 Å². The average Bonchev–Trinajstić information content (AvgIpc) is 3.02. The molecule has 158 valence electrons. The molecule has 0 bridgehead atoms. The Balaban J connectivity index is 1.52. The maximum absolute atomic E-state index is 12.8. The van der Waals surface area contributed by atoms with Crippen LogP contribution in [0.15, 0.2) is 41.5 Å². The second-order valence-corrected chi connectivity index (χ2v) is 8.50. The van der Waals surface area contributed by atoms with E-state index in [0.717, 1.165) is 18.7 Å². The first-order valence-corrected chi connectivity index (χ1v) is 10.4. The molecule has 4 rings (SSSR count). The molecule has 1 aliphatic rings. The third-order valence-corrected chi connectivity index (χ3v) is 5.56. The van der Waals surface area contributed by atoms with Crippen LogP contribution in [0.1, 0.15) is 31.4 Å². The van der Waals surface area contributed by atoms with E-state index in [-0.39, 0.29) is 18.1 Å². The van der Waals surface area contributed by atoms with Gasteiger partial charge in [0.1, 0.15) is 6.54 Å². The van der Waals surface area contributed by atoms with Crippen molar-refractivity contribution in [3.8, 4) is 0 Å². The van der Waals surface area contributed by atoms with E-state index in [1.807, 2.05) is 31.2 Å². The Bertz CT molecular complexity index is 1090. The lowest BCUT2D eigenvalue weighted by atomic mass is 9.92. The van der Waals surface area contributed by atoms with Crippen LogP contribution in [0, 0.1) is 18.8 Å². The van der Waals surface area contributed by atoms with Gasteiger partial charge in [0.15, 0.2) is 5.82 Å². The molecule has 0 unspecified atom stereocenters. The van der Waals surface area contributed by atoms with Crippen LogP contribution in [-0.2, 0) is 17.9 Å². The van der Waals surface area contributed by atoms with Gasteiger partial charge in [-0.3, -0.25) is 4.79 Å². The molecule has 0 radical (unpaired) electrons. The fraction of sp³-hybridized carbons (Fsp3) is 0.455. The van der Waals surface area contributed by atoms with Crippen LogP contribution in [0.5, 0.6) is 0 Å². The monoisotopic (exact) mass is 408 g/mol. The van der Waals surface area contributed by atoms with Gasteiger partial charge in [-0.05, 0) is 30.7 Å². The second-order valence-electron chi connectivity index (χ2n) is 8.50. The first kappa shape index (κ1) is 20.1. The molecule has 1 saturated heterocycles. The molecule has 3 aromatic rings. The van der Waals surface area contributed by atoms with Gasteiger partial charge in [-0.1, -0.05) is 43.7 Å². The summed E-state index contributed by atoms with van der Waals surface area (Å²) in [6.45, 7) is 8.53. The third-order valence-electron chi connectivity index (χ3n) is 5.56. The van der Waals surface area contributed by atoms with Crippen LogP contribution in [0.2, 0.25) is 0 Å². The SMILES string of the molecule is Cc1ccc(CNC(=O)Cn2nc3c(N4C[C@@H](C)C[C@H](C)C4)nccn3c2=O)cc1. The van der Waals surface area contributed by atoms with Crippen LogP contribution in [-0.4, -0.2) is 38.2 Å². The Hall–Kier alpha value is -3.16. The second kappa shape index (κ2) is 8.30. The first-order valence-electron chi connectivity index (χ1n) is 10.4. The largest absolute Gasteiger partial charge is 0.353 e. The average molecular weight is 409 g/mol. The smallest absolute Gasteiger partial charge is 0.350 e. The molecule has 8 heteroatoms.